The Kier molecular flexibility index (Phi) is 6.71. The van der Waals surface area contributed by atoms with Crippen LogP contribution in [0.4, 0.5) is 22.0 Å². The van der Waals surface area contributed by atoms with Crippen LogP contribution in [0.15, 0.2) is 24.4 Å². The van der Waals surface area contributed by atoms with Crippen molar-refractivity contribution in [2.75, 3.05) is 36.2 Å². The first-order chi connectivity index (χ1) is 14.0. The molecule has 1 aliphatic rings. The van der Waals surface area contributed by atoms with Crippen LogP contribution in [0.3, 0.4) is 0 Å². The van der Waals surface area contributed by atoms with Gasteiger partial charge in [-0.15, -0.1) is 0 Å². The van der Waals surface area contributed by atoms with Gasteiger partial charge in [-0.25, -0.2) is 4.79 Å². The van der Waals surface area contributed by atoms with E-state index in [4.69, 9.17) is 25.7 Å². The van der Waals surface area contributed by atoms with E-state index in [2.05, 4.69) is 9.97 Å². The van der Waals surface area contributed by atoms with Gasteiger partial charge in [0.15, 0.2) is 5.82 Å². The van der Waals surface area contributed by atoms with E-state index in [-0.39, 0.29) is 36.6 Å². The molecular weight excluding hydrogens is 374 g/mol. The summed E-state index contributed by atoms with van der Waals surface area (Å²) in [6, 6.07) is 5.36. The first-order valence-corrected chi connectivity index (χ1v) is 9.64. The Bertz CT molecular complexity index is 838. The summed E-state index contributed by atoms with van der Waals surface area (Å²) in [7, 11) is 0. The van der Waals surface area contributed by atoms with Crippen LogP contribution in [0.25, 0.3) is 0 Å². The Hall–Kier alpha value is -3.07. The van der Waals surface area contributed by atoms with Crippen molar-refractivity contribution in [3.05, 3.63) is 35.7 Å². The summed E-state index contributed by atoms with van der Waals surface area (Å²) in [6.07, 6.45) is 3.14. The van der Waals surface area contributed by atoms with Gasteiger partial charge in [-0.2, -0.15) is 4.98 Å². The van der Waals surface area contributed by atoms with Gasteiger partial charge < -0.3 is 25.7 Å². The van der Waals surface area contributed by atoms with Crippen LogP contribution >= 0.6 is 0 Å². The fourth-order valence-electron chi connectivity index (χ4n) is 3.01. The third kappa shape index (κ3) is 5.26. The van der Waals surface area contributed by atoms with Crippen LogP contribution in [-0.2, 0) is 16.0 Å². The second-order valence-corrected chi connectivity index (χ2v) is 6.82. The fraction of sp³-hybridized carbons (Fsp3) is 0.450. The third-order valence-corrected chi connectivity index (χ3v) is 4.58. The highest BCUT2D eigenvalue weighted by atomic mass is 16.6. The molecule has 4 N–H and O–H groups in total. The van der Waals surface area contributed by atoms with Crippen molar-refractivity contribution >= 4 is 23.3 Å². The monoisotopic (exact) mass is 401 g/mol. The van der Waals surface area contributed by atoms with Gasteiger partial charge in [-0.05, 0) is 38.3 Å². The minimum absolute atomic E-state index is 0.0267. The molecule has 0 radical (unpaired) electrons. The maximum Gasteiger partial charge on any atom is 0.414 e. The molecule has 1 fully saturated rings. The minimum atomic E-state index is -0.546. The van der Waals surface area contributed by atoms with Gasteiger partial charge in [0, 0.05) is 24.6 Å². The summed E-state index contributed by atoms with van der Waals surface area (Å²) in [4.78, 5) is 22.5. The molecule has 29 heavy (non-hydrogen) atoms. The Morgan fingerprint density at radius 3 is 2.86 bits per heavy atom. The highest BCUT2D eigenvalue weighted by molar-refractivity contribution is 5.94. The zero-order valence-electron chi connectivity index (χ0n) is 16.8. The van der Waals surface area contributed by atoms with Crippen molar-refractivity contribution in [2.45, 2.75) is 39.3 Å². The number of nitrogen functional groups attached to an aromatic ring is 2. The number of carbonyl (C=O) groups is 1. The number of amides is 1. The van der Waals surface area contributed by atoms with E-state index in [0.29, 0.717) is 12.3 Å². The lowest BCUT2D eigenvalue weighted by molar-refractivity contribution is 0.0664. The Morgan fingerprint density at radius 2 is 2.21 bits per heavy atom. The van der Waals surface area contributed by atoms with Crippen LogP contribution in [0.1, 0.15) is 31.0 Å². The van der Waals surface area contributed by atoms with Gasteiger partial charge in [-0.3, -0.25) is 9.88 Å². The molecule has 0 bridgehead atoms. The maximum absolute atomic E-state index is 12.7. The normalized spacial score (nSPS) is 15.9. The molecule has 2 aromatic rings. The van der Waals surface area contributed by atoms with Gasteiger partial charge in [-0.1, -0.05) is 6.07 Å². The molecule has 0 aliphatic carbocycles. The number of rotatable bonds is 7. The van der Waals surface area contributed by atoms with Crippen molar-refractivity contribution in [3.63, 3.8) is 0 Å². The molecule has 156 valence electrons. The summed E-state index contributed by atoms with van der Waals surface area (Å²) in [6.45, 7) is 5.17. The van der Waals surface area contributed by atoms with E-state index in [1.807, 2.05) is 19.1 Å². The molecule has 2 aromatic heterocycles. The molecule has 1 aliphatic heterocycles. The average molecular weight is 401 g/mol. The lowest BCUT2D eigenvalue weighted by Crippen LogP contribution is -2.32. The van der Waals surface area contributed by atoms with Crippen molar-refractivity contribution in [2.24, 2.45) is 0 Å². The number of hydrogen-bond acceptors (Lipinski definition) is 8. The summed E-state index contributed by atoms with van der Waals surface area (Å²) in [5.41, 5.74) is 14.4. The number of pyridine rings is 2. The number of nitrogens with two attached hydrogens (primary N) is 2. The topological polar surface area (TPSA) is 126 Å². The van der Waals surface area contributed by atoms with E-state index in [9.17, 15) is 4.79 Å². The van der Waals surface area contributed by atoms with Gasteiger partial charge in [0.1, 0.15) is 6.61 Å². The smallest absolute Gasteiger partial charge is 0.414 e. The van der Waals surface area contributed by atoms with E-state index < -0.39 is 6.09 Å². The highest BCUT2D eigenvalue weighted by Crippen LogP contribution is 2.33. The van der Waals surface area contributed by atoms with Crippen LogP contribution in [0.5, 0.6) is 5.88 Å². The Morgan fingerprint density at radius 1 is 1.38 bits per heavy atom. The van der Waals surface area contributed by atoms with Gasteiger partial charge >= 0.3 is 6.09 Å². The zero-order chi connectivity index (χ0) is 20.8. The van der Waals surface area contributed by atoms with Crippen LogP contribution in [-0.4, -0.2) is 42.0 Å². The molecular formula is C20H27N5O4. The number of aryl methyl sites for hydroxylation is 1. The predicted molar refractivity (Wildman–Crippen MR) is 110 cm³/mol. The highest BCUT2D eigenvalue weighted by Gasteiger charge is 2.24. The molecule has 3 rings (SSSR count). The largest absolute Gasteiger partial charge is 0.475 e. The number of carbonyl (C=O) groups excluding carboxylic acids is 1. The second-order valence-electron chi connectivity index (χ2n) is 6.82. The number of nitrogens with zero attached hydrogens (tertiary/aromatic N) is 3. The van der Waals surface area contributed by atoms with E-state index >= 15 is 0 Å². The summed E-state index contributed by atoms with van der Waals surface area (Å²) in [5.74, 6) is 0.361. The lowest BCUT2D eigenvalue weighted by Gasteiger charge is -2.24. The molecule has 9 nitrogen and oxygen atoms in total. The molecule has 9 heteroatoms. The SMILES string of the molecule is CCOC(=O)N(Cc1ccc(C)nc1)c1cc(OC[C@H]2CCCO2)nc(N)c1N. The quantitative estimate of drug-likeness (QED) is 0.725. The molecule has 0 spiro atoms. The van der Waals surface area contributed by atoms with Crippen molar-refractivity contribution < 1.29 is 19.0 Å². The number of anilines is 3. The van der Waals surface area contributed by atoms with Crippen LogP contribution in [0, 0.1) is 6.92 Å². The zero-order valence-corrected chi connectivity index (χ0v) is 16.8. The number of ether oxygens (including phenoxy) is 3. The van der Waals surface area contributed by atoms with Crippen molar-refractivity contribution in [1.82, 2.24) is 9.97 Å². The van der Waals surface area contributed by atoms with Gasteiger partial charge in [0.2, 0.25) is 5.88 Å². The molecule has 1 saturated heterocycles. The van der Waals surface area contributed by atoms with E-state index in [1.165, 1.54) is 4.90 Å². The molecule has 0 saturated carbocycles. The summed E-state index contributed by atoms with van der Waals surface area (Å²) in [5, 5.41) is 0. The number of aromatic nitrogens is 2. The Balaban J connectivity index is 1.87. The Labute approximate surface area is 170 Å². The van der Waals surface area contributed by atoms with Crippen molar-refractivity contribution in [1.29, 1.82) is 0 Å². The van der Waals surface area contributed by atoms with Gasteiger partial charge in [0.25, 0.3) is 0 Å². The van der Waals surface area contributed by atoms with Crippen LogP contribution < -0.4 is 21.1 Å². The van der Waals surface area contributed by atoms with Gasteiger partial charge in [0.05, 0.1) is 30.6 Å². The molecule has 1 amide bonds. The van der Waals surface area contributed by atoms with E-state index in [0.717, 1.165) is 30.7 Å². The maximum atomic E-state index is 12.7. The van der Waals surface area contributed by atoms with E-state index in [1.54, 1.807) is 19.2 Å². The molecule has 0 aromatic carbocycles. The number of hydrogen-bond donors (Lipinski definition) is 2. The van der Waals surface area contributed by atoms with Crippen molar-refractivity contribution in [3.8, 4) is 5.88 Å². The summed E-state index contributed by atoms with van der Waals surface area (Å²) < 4.78 is 16.5. The fourth-order valence-corrected chi connectivity index (χ4v) is 3.01. The molecule has 0 unspecified atom stereocenters. The molecule has 3 heterocycles. The molecule has 1 atom stereocenters. The first kappa shape index (κ1) is 20.7. The predicted octanol–water partition coefficient (Wildman–Crippen LogP) is 2.67. The first-order valence-electron chi connectivity index (χ1n) is 9.64. The standard InChI is InChI=1S/C20H27N5O4/c1-3-27-20(26)25(11-14-7-6-13(2)23-10-14)16-9-17(24-19(22)18(16)21)29-12-15-5-4-8-28-15/h6-7,9-10,15H,3-5,8,11-12,21H2,1-2H3,(H2,22,24)/t15-/m1/s1. The van der Waals surface area contributed by atoms with Crippen LogP contribution in [0.2, 0.25) is 0 Å². The second kappa shape index (κ2) is 9.42. The minimum Gasteiger partial charge on any atom is -0.475 e. The third-order valence-electron chi connectivity index (χ3n) is 4.58. The summed E-state index contributed by atoms with van der Waals surface area (Å²) >= 11 is 0. The lowest BCUT2D eigenvalue weighted by atomic mass is 10.2. The average Bonchev–Trinajstić information content (AvgIpc) is 3.22.